The minimum Gasteiger partial charge on any atom is -0.355 e. The largest absolute Gasteiger partial charge is 0.355 e. The Bertz CT molecular complexity index is 820. The zero-order valence-electron chi connectivity index (χ0n) is 15.0. The molecule has 144 valence electrons. The van der Waals surface area contributed by atoms with Crippen LogP contribution in [0.5, 0.6) is 0 Å². The quantitative estimate of drug-likeness (QED) is 0.387. The second-order valence-corrected chi connectivity index (χ2v) is 9.44. The maximum absolute atomic E-state index is 12.1. The highest BCUT2D eigenvalue weighted by molar-refractivity contribution is 8.00. The monoisotopic (exact) mass is 440 g/mol. The van der Waals surface area contributed by atoms with Crippen LogP contribution in [0.2, 0.25) is 10.0 Å². The van der Waals surface area contributed by atoms with E-state index in [0.29, 0.717) is 23.0 Å². The number of amides is 1. The van der Waals surface area contributed by atoms with Gasteiger partial charge in [0.1, 0.15) is 4.34 Å². The molecular formula is C20H22Cl2N2OS2. The molecule has 1 N–H and O–H groups in total. The number of rotatable bonds is 8. The Kier molecular flexibility index (Phi) is 8.07. The van der Waals surface area contributed by atoms with Crippen LogP contribution in [0.25, 0.3) is 0 Å². The number of allylic oxidation sites excluding steroid dienone is 1. The van der Waals surface area contributed by atoms with Crippen molar-refractivity contribution in [2.45, 2.75) is 48.6 Å². The molecule has 1 aliphatic carbocycles. The fourth-order valence-electron chi connectivity index (χ4n) is 2.94. The molecule has 1 amide bonds. The summed E-state index contributed by atoms with van der Waals surface area (Å²) in [5.41, 5.74) is 3.33. The summed E-state index contributed by atoms with van der Waals surface area (Å²) in [6.07, 6.45) is 8.56. The third-order valence-corrected chi connectivity index (χ3v) is 7.10. The smallest absolute Gasteiger partial charge is 0.226 e. The molecule has 0 spiro atoms. The van der Waals surface area contributed by atoms with Gasteiger partial charge in [-0.2, -0.15) is 0 Å². The van der Waals surface area contributed by atoms with Gasteiger partial charge < -0.3 is 5.32 Å². The molecule has 0 aliphatic heterocycles. The first-order valence-electron chi connectivity index (χ1n) is 9.06. The van der Waals surface area contributed by atoms with Gasteiger partial charge in [-0.1, -0.05) is 52.7 Å². The van der Waals surface area contributed by atoms with Gasteiger partial charge in [0, 0.05) is 27.7 Å². The van der Waals surface area contributed by atoms with Crippen molar-refractivity contribution in [1.29, 1.82) is 0 Å². The highest BCUT2D eigenvalue weighted by Gasteiger charge is 2.10. The number of nitrogens with one attached hydrogen (secondary N) is 1. The fraction of sp³-hybridized carbons (Fsp3) is 0.400. The molecule has 0 saturated carbocycles. The summed E-state index contributed by atoms with van der Waals surface area (Å²) in [5, 5.41) is 6.26. The first-order chi connectivity index (χ1) is 13.1. The molecule has 3 nitrogen and oxygen atoms in total. The molecule has 27 heavy (non-hydrogen) atoms. The number of carbonyl (C=O) groups is 1. The molecule has 0 unspecified atom stereocenters. The normalized spacial score (nSPS) is 14.1. The van der Waals surface area contributed by atoms with Crippen molar-refractivity contribution < 1.29 is 4.79 Å². The lowest BCUT2D eigenvalue weighted by atomic mass is 9.97. The third-order valence-electron chi connectivity index (χ3n) is 4.39. The molecule has 0 atom stereocenters. The van der Waals surface area contributed by atoms with Crippen LogP contribution >= 0.6 is 46.3 Å². The number of nitrogens with zero attached hydrogens (tertiary/aromatic N) is 1. The summed E-state index contributed by atoms with van der Waals surface area (Å²) in [4.78, 5) is 16.7. The van der Waals surface area contributed by atoms with E-state index in [1.165, 1.54) is 31.3 Å². The molecule has 7 heteroatoms. The molecule has 0 saturated heterocycles. The fourth-order valence-corrected chi connectivity index (χ4v) is 5.34. The lowest BCUT2D eigenvalue weighted by molar-refractivity contribution is -0.120. The number of benzene rings is 1. The van der Waals surface area contributed by atoms with E-state index < -0.39 is 0 Å². The number of thioether (sulfide) groups is 1. The zero-order chi connectivity index (χ0) is 19.1. The molecule has 3 rings (SSSR count). The standard InChI is InChI=1S/C20H22Cl2N2OS2/c21-16-7-6-15(18(22)10-16)12-26-20-24-17(13-27-20)11-19(25)23-9-8-14-4-2-1-3-5-14/h4,6-7,10,13H,1-3,5,8-9,11-12H2,(H,23,25). The van der Waals surface area contributed by atoms with Crippen LogP contribution in [0.3, 0.4) is 0 Å². The number of thiazole rings is 1. The maximum Gasteiger partial charge on any atom is 0.226 e. The molecule has 0 fully saturated rings. The first kappa shape index (κ1) is 20.7. The molecule has 1 aromatic carbocycles. The van der Waals surface area contributed by atoms with Gasteiger partial charge in [-0.05, 0) is 49.8 Å². The van der Waals surface area contributed by atoms with Crippen LogP contribution in [-0.2, 0) is 17.0 Å². The second kappa shape index (κ2) is 10.5. The van der Waals surface area contributed by atoms with E-state index in [0.717, 1.165) is 27.8 Å². The van der Waals surface area contributed by atoms with Gasteiger partial charge in [0.05, 0.1) is 12.1 Å². The van der Waals surface area contributed by atoms with E-state index in [-0.39, 0.29) is 5.91 Å². The number of carbonyl (C=O) groups excluding carboxylic acids is 1. The van der Waals surface area contributed by atoms with Gasteiger partial charge in [-0.3, -0.25) is 4.79 Å². The minimum atomic E-state index is 0.0361. The topological polar surface area (TPSA) is 42.0 Å². The first-order valence-corrected chi connectivity index (χ1v) is 11.7. The van der Waals surface area contributed by atoms with Gasteiger partial charge in [-0.15, -0.1) is 11.3 Å². The van der Waals surface area contributed by atoms with E-state index in [4.69, 9.17) is 23.2 Å². The Labute approximate surface area is 178 Å². The van der Waals surface area contributed by atoms with Crippen LogP contribution in [0, 0.1) is 0 Å². The van der Waals surface area contributed by atoms with Crippen molar-refractivity contribution in [3.8, 4) is 0 Å². The van der Waals surface area contributed by atoms with Gasteiger partial charge in [0.25, 0.3) is 0 Å². The SMILES string of the molecule is O=C(Cc1csc(SCc2ccc(Cl)cc2Cl)n1)NCCC1=CCCCC1. The molecule has 1 heterocycles. The van der Waals surface area contributed by atoms with Crippen molar-refractivity contribution in [2.24, 2.45) is 0 Å². The number of halogens is 2. The highest BCUT2D eigenvalue weighted by Crippen LogP contribution is 2.30. The Morgan fingerprint density at radius 1 is 1.30 bits per heavy atom. The van der Waals surface area contributed by atoms with Crippen LogP contribution in [0.1, 0.15) is 43.4 Å². The van der Waals surface area contributed by atoms with Crippen LogP contribution < -0.4 is 5.32 Å². The minimum absolute atomic E-state index is 0.0361. The Morgan fingerprint density at radius 3 is 2.96 bits per heavy atom. The lowest BCUT2D eigenvalue weighted by Gasteiger charge is -2.12. The van der Waals surface area contributed by atoms with Crippen molar-refractivity contribution in [2.75, 3.05) is 6.54 Å². The van der Waals surface area contributed by atoms with Gasteiger partial charge in [0.2, 0.25) is 5.91 Å². The van der Waals surface area contributed by atoms with Crippen molar-refractivity contribution in [3.63, 3.8) is 0 Å². The molecular weight excluding hydrogens is 419 g/mol. The van der Waals surface area contributed by atoms with Crippen molar-refractivity contribution in [1.82, 2.24) is 10.3 Å². The van der Waals surface area contributed by atoms with Crippen LogP contribution in [0.4, 0.5) is 0 Å². The third kappa shape index (κ3) is 6.83. The summed E-state index contributed by atoms with van der Waals surface area (Å²) < 4.78 is 0.941. The summed E-state index contributed by atoms with van der Waals surface area (Å²) >= 11 is 15.3. The van der Waals surface area contributed by atoms with Crippen molar-refractivity contribution in [3.05, 3.63) is 56.5 Å². The van der Waals surface area contributed by atoms with Gasteiger partial charge in [-0.25, -0.2) is 4.98 Å². The number of hydrogen-bond acceptors (Lipinski definition) is 4. The predicted molar refractivity (Wildman–Crippen MR) is 116 cm³/mol. The molecule has 0 bridgehead atoms. The summed E-state index contributed by atoms with van der Waals surface area (Å²) in [6, 6.07) is 5.52. The van der Waals surface area contributed by atoms with Crippen LogP contribution in [-0.4, -0.2) is 17.4 Å². The van der Waals surface area contributed by atoms with Crippen molar-refractivity contribution >= 4 is 52.2 Å². The van der Waals surface area contributed by atoms with Gasteiger partial charge in [0.15, 0.2) is 0 Å². The summed E-state index contributed by atoms with van der Waals surface area (Å²) in [5.74, 6) is 0.763. The number of aromatic nitrogens is 1. The van der Waals surface area contributed by atoms with Gasteiger partial charge >= 0.3 is 0 Å². The molecule has 1 aromatic heterocycles. The molecule has 1 aliphatic rings. The van der Waals surface area contributed by atoms with E-state index >= 15 is 0 Å². The van der Waals surface area contributed by atoms with E-state index in [1.54, 1.807) is 29.2 Å². The van der Waals surface area contributed by atoms with E-state index in [1.807, 2.05) is 17.5 Å². The Hall–Kier alpha value is -1.01. The van der Waals surface area contributed by atoms with E-state index in [2.05, 4.69) is 16.4 Å². The average molecular weight is 441 g/mol. The van der Waals surface area contributed by atoms with E-state index in [9.17, 15) is 4.79 Å². The second-order valence-electron chi connectivity index (χ2n) is 6.51. The average Bonchev–Trinajstić information content (AvgIpc) is 3.09. The lowest BCUT2D eigenvalue weighted by Crippen LogP contribution is -2.26. The highest BCUT2D eigenvalue weighted by atomic mass is 35.5. The predicted octanol–water partition coefficient (Wildman–Crippen LogP) is 6.29. The number of hydrogen-bond donors (Lipinski definition) is 1. The summed E-state index contributed by atoms with van der Waals surface area (Å²) in [6.45, 7) is 0.714. The Morgan fingerprint density at radius 2 is 2.19 bits per heavy atom. The summed E-state index contributed by atoms with van der Waals surface area (Å²) in [7, 11) is 0. The van der Waals surface area contributed by atoms with Crippen LogP contribution in [0.15, 0.2) is 39.6 Å². The maximum atomic E-state index is 12.1. The Balaban J connectivity index is 1.41. The molecule has 0 radical (unpaired) electrons. The molecule has 2 aromatic rings. The zero-order valence-corrected chi connectivity index (χ0v) is 18.1.